The third-order valence-corrected chi connectivity index (χ3v) is 5.43. The zero-order valence-electron chi connectivity index (χ0n) is 15.7. The van der Waals surface area contributed by atoms with Crippen molar-refractivity contribution in [1.29, 1.82) is 0 Å². The van der Waals surface area contributed by atoms with Crippen LogP contribution in [0, 0.1) is 0 Å². The van der Waals surface area contributed by atoms with Crippen molar-refractivity contribution in [1.82, 2.24) is 5.32 Å². The van der Waals surface area contributed by atoms with Crippen LogP contribution in [-0.4, -0.2) is 40.4 Å². The van der Waals surface area contributed by atoms with Gasteiger partial charge in [0.2, 0.25) is 9.70 Å². The number of anilines is 1. The van der Waals surface area contributed by atoms with Crippen molar-refractivity contribution in [3.05, 3.63) is 29.3 Å². The molecule has 1 N–H and O–H groups in total. The zero-order valence-corrected chi connectivity index (χ0v) is 19.5. The Labute approximate surface area is 195 Å². The molecular weight excluding hydrogens is 481 g/mol. The number of amides is 2. The summed E-state index contributed by atoms with van der Waals surface area (Å²) in [6.07, 6.45) is 3.79. The maximum atomic E-state index is 12.9. The minimum atomic E-state index is -1.69. The summed E-state index contributed by atoms with van der Waals surface area (Å²) in [6, 6.07) is 6.47. The number of nitrogens with zero attached hydrogens (tertiary/aromatic N) is 1. The van der Waals surface area contributed by atoms with Gasteiger partial charge in [0.15, 0.2) is 0 Å². The van der Waals surface area contributed by atoms with Crippen LogP contribution in [0.5, 0.6) is 0 Å². The van der Waals surface area contributed by atoms with Gasteiger partial charge in [-0.3, -0.25) is 4.79 Å². The average molecular weight is 505 g/mol. The second-order valence-corrected chi connectivity index (χ2v) is 10.2. The van der Waals surface area contributed by atoms with E-state index in [0.717, 1.165) is 25.7 Å². The van der Waals surface area contributed by atoms with E-state index in [1.54, 1.807) is 29.2 Å². The summed E-state index contributed by atoms with van der Waals surface area (Å²) >= 11 is 28.8. The van der Waals surface area contributed by atoms with E-state index < -0.39 is 9.89 Å². The van der Waals surface area contributed by atoms with Crippen molar-refractivity contribution in [2.24, 2.45) is 0 Å². The first-order valence-electron chi connectivity index (χ1n) is 9.35. The molecule has 0 aliphatic heterocycles. The Morgan fingerprint density at radius 1 is 1.10 bits per heavy atom. The number of alkyl carbamates (subject to hydrolysis) is 1. The lowest BCUT2D eigenvalue weighted by molar-refractivity contribution is -0.118. The SMILES string of the molecule is O=C(NC1CCCCCC1N(C(=O)CCCl)c1ccc(Cl)cc1)OCC(Cl)(Cl)Cl. The van der Waals surface area contributed by atoms with Gasteiger partial charge in [-0.1, -0.05) is 65.7 Å². The first kappa shape index (κ1) is 24.7. The minimum absolute atomic E-state index is 0.115. The summed E-state index contributed by atoms with van der Waals surface area (Å²) in [5, 5.41) is 3.42. The molecule has 1 saturated carbocycles. The van der Waals surface area contributed by atoms with Gasteiger partial charge < -0.3 is 15.0 Å². The molecule has 0 aromatic heterocycles. The van der Waals surface area contributed by atoms with E-state index in [4.69, 9.17) is 62.7 Å². The lowest BCUT2D eigenvalue weighted by atomic mass is 9.99. The Morgan fingerprint density at radius 2 is 1.76 bits per heavy atom. The van der Waals surface area contributed by atoms with E-state index >= 15 is 0 Å². The predicted molar refractivity (Wildman–Crippen MR) is 120 cm³/mol. The van der Waals surface area contributed by atoms with E-state index in [1.165, 1.54) is 0 Å². The van der Waals surface area contributed by atoms with Gasteiger partial charge in [0, 0.05) is 23.0 Å². The number of ether oxygens (including phenoxy) is 1. The fourth-order valence-electron chi connectivity index (χ4n) is 3.43. The zero-order chi connectivity index (χ0) is 21.4. The van der Waals surface area contributed by atoms with Crippen LogP contribution in [0.15, 0.2) is 24.3 Å². The molecule has 10 heteroatoms. The Balaban J connectivity index is 2.25. The van der Waals surface area contributed by atoms with Gasteiger partial charge in [0.25, 0.3) is 0 Å². The van der Waals surface area contributed by atoms with Gasteiger partial charge in [-0.2, -0.15) is 0 Å². The van der Waals surface area contributed by atoms with Crippen LogP contribution in [0.4, 0.5) is 10.5 Å². The fraction of sp³-hybridized carbons (Fsp3) is 0.579. The molecule has 1 aromatic carbocycles. The number of hydrogen-bond donors (Lipinski definition) is 1. The standard InChI is InChI=1S/C19H23Cl5N2O3/c20-11-10-17(27)26(14-8-6-13(21)7-9-14)16-5-3-1-2-4-15(16)25-18(28)29-12-19(22,23)24/h6-9,15-16H,1-5,10-12H2,(H,25,28). The highest BCUT2D eigenvalue weighted by atomic mass is 35.6. The molecule has 0 bridgehead atoms. The van der Waals surface area contributed by atoms with Gasteiger partial charge in [0.1, 0.15) is 6.61 Å². The van der Waals surface area contributed by atoms with E-state index in [2.05, 4.69) is 5.32 Å². The first-order valence-corrected chi connectivity index (χ1v) is 11.4. The fourth-order valence-corrected chi connectivity index (χ4v) is 3.88. The summed E-state index contributed by atoms with van der Waals surface area (Å²) in [5.41, 5.74) is 0.706. The molecule has 2 amide bonds. The highest BCUT2D eigenvalue weighted by molar-refractivity contribution is 6.67. The minimum Gasteiger partial charge on any atom is -0.445 e. The average Bonchev–Trinajstić information content (AvgIpc) is 2.87. The van der Waals surface area contributed by atoms with Crippen LogP contribution in [0.3, 0.4) is 0 Å². The summed E-state index contributed by atoms with van der Waals surface area (Å²) in [6.45, 7) is -0.368. The second-order valence-electron chi connectivity index (χ2n) is 6.83. The topological polar surface area (TPSA) is 58.6 Å². The molecule has 1 aliphatic rings. The van der Waals surface area contributed by atoms with E-state index in [-0.39, 0.29) is 36.9 Å². The number of benzene rings is 1. The maximum Gasteiger partial charge on any atom is 0.407 e. The van der Waals surface area contributed by atoms with Crippen molar-refractivity contribution in [3.8, 4) is 0 Å². The van der Waals surface area contributed by atoms with Gasteiger partial charge in [-0.05, 0) is 37.1 Å². The molecule has 2 rings (SSSR count). The van der Waals surface area contributed by atoms with Gasteiger partial charge in [-0.25, -0.2) is 4.79 Å². The third kappa shape index (κ3) is 8.22. The number of carbonyl (C=O) groups is 2. The molecule has 5 nitrogen and oxygen atoms in total. The third-order valence-electron chi connectivity index (χ3n) is 4.66. The lowest BCUT2D eigenvalue weighted by Crippen LogP contribution is -2.54. The highest BCUT2D eigenvalue weighted by Gasteiger charge is 2.34. The molecule has 1 aliphatic carbocycles. The van der Waals surface area contributed by atoms with Crippen LogP contribution in [-0.2, 0) is 9.53 Å². The van der Waals surface area contributed by atoms with Crippen molar-refractivity contribution < 1.29 is 14.3 Å². The maximum absolute atomic E-state index is 12.9. The molecule has 29 heavy (non-hydrogen) atoms. The molecule has 0 spiro atoms. The Morgan fingerprint density at radius 3 is 2.38 bits per heavy atom. The molecular formula is C19H23Cl5N2O3. The van der Waals surface area contributed by atoms with Crippen LogP contribution >= 0.6 is 58.0 Å². The van der Waals surface area contributed by atoms with Crippen molar-refractivity contribution in [2.75, 3.05) is 17.4 Å². The molecule has 2 atom stereocenters. The summed E-state index contributed by atoms with van der Waals surface area (Å²) in [4.78, 5) is 26.9. The smallest absolute Gasteiger partial charge is 0.407 e. The monoisotopic (exact) mass is 502 g/mol. The molecule has 162 valence electrons. The van der Waals surface area contributed by atoms with Crippen LogP contribution in [0.25, 0.3) is 0 Å². The second kappa shape index (κ2) is 11.7. The molecule has 1 fully saturated rings. The Kier molecular flexibility index (Phi) is 9.96. The molecule has 0 radical (unpaired) electrons. The van der Waals surface area contributed by atoms with Crippen molar-refractivity contribution >= 4 is 75.7 Å². The number of hydrogen-bond acceptors (Lipinski definition) is 3. The largest absolute Gasteiger partial charge is 0.445 e. The molecule has 2 unspecified atom stereocenters. The predicted octanol–water partition coefficient (Wildman–Crippen LogP) is 6.10. The van der Waals surface area contributed by atoms with E-state index in [9.17, 15) is 9.59 Å². The van der Waals surface area contributed by atoms with Gasteiger partial charge in [0.05, 0.1) is 12.1 Å². The summed E-state index contributed by atoms with van der Waals surface area (Å²) < 4.78 is 3.33. The Bertz CT molecular complexity index is 681. The van der Waals surface area contributed by atoms with E-state index in [0.29, 0.717) is 17.1 Å². The highest BCUT2D eigenvalue weighted by Crippen LogP contribution is 2.30. The Hall–Kier alpha value is -0.590. The van der Waals surface area contributed by atoms with Crippen LogP contribution in [0.1, 0.15) is 38.5 Å². The molecule has 0 saturated heterocycles. The first-order chi connectivity index (χ1) is 13.7. The van der Waals surface area contributed by atoms with Gasteiger partial charge in [-0.15, -0.1) is 11.6 Å². The van der Waals surface area contributed by atoms with Crippen LogP contribution < -0.4 is 10.2 Å². The van der Waals surface area contributed by atoms with E-state index in [1.807, 2.05) is 0 Å². The van der Waals surface area contributed by atoms with Gasteiger partial charge >= 0.3 is 6.09 Å². The summed E-state index contributed by atoms with van der Waals surface area (Å²) in [5.74, 6) is 0.0923. The van der Waals surface area contributed by atoms with Crippen molar-refractivity contribution in [2.45, 2.75) is 54.4 Å². The molecule has 1 aromatic rings. The summed E-state index contributed by atoms with van der Waals surface area (Å²) in [7, 11) is 0. The number of rotatable bonds is 6. The number of alkyl halides is 4. The van der Waals surface area contributed by atoms with Crippen LogP contribution in [0.2, 0.25) is 5.02 Å². The number of halogens is 5. The van der Waals surface area contributed by atoms with Crippen molar-refractivity contribution in [3.63, 3.8) is 0 Å². The lowest BCUT2D eigenvalue weighted by Gasteiger charge is -2.36. The number of nitrogens with one attached hydrogen (secondary N) is 1. The normalized spacial score (nSPS) is 19.9. The molecule has 0 heterocycles. The quantitative estimate of drug-likeness (QED) is 0.376. The number of carbonyl (C=O) groups excluding carboxylic acids is 2.